The summed E-state index contributed by atoms with van der Waals surface area (Å²) in [5.41, 5.74) is -0.834. The fraction of sp³-hybridized carbons (Fsp3) is 1.00. The molecule has 2 nitrogen and oxygen atoms in total. The van der Waals surface area contributed by atoms with Crippen LogP contribution in [0, 0.1) is 11.8 Å². The maximum Gasteiger partial charge on any atom is 0.0679 e. The third kappa shape index (κ3) is 1.38. The van der Waals surface area contributed by atoms with Crippen molar-refractivity contribution in [1.82, 2.24) is 0 Å². The topological polar surface area (TPSA) is 40.5 Å². The van der Waals surface area contributed by atoms with E-state index in [0.717, 1.165) is 57.8 Å². The van der Waals surface area contributed by atoms with Crippen LogP contribution in [-0.4, -0.2) is 21.4 Å². The molecule has 0 unspecified atom stereocenters. The van der Waals surface area contributed by atoms with Gasteiger partial charge in [-0.1, -0.05) is 12.8 Å². The average Bonchev–Trinajstić information content (AvgIpc) is 2.69. The monoisotopic (exact) mass is 210 g/mol. The molecule has 0 aromatic carbocycles. The van der Waals surface area contributed by atoms with Crippen molar-refractivity contribution in [3.63, 3.8) is 0 Å². The Balaban J connectivity index is 1.94. The molecule has 4 atom stereocenters. The summed E-state index contributed by atoms with van der Waals surface area (Å²) < 4.78 is 0. The molecule has 0 saturated heterocycles. The van der Waals surface area contributed by atoms with E-state index >= 15 is 0 Å². The second-order valence-corrected chi connectivity index (χ2v) is 6.06. The fourth-order valence-electron chi connectivity index (χ4n) is 4.64. The Morgan fingerprint density at radius 3 is 1.53 bits per heavy atom. The first kappa shape index (κ1) is 10.1. The van der Waals surface area contributed by atoms with Gasteiger partial charge in [0.25, 0.3) is 0 Å². The van der Waals surface area contributed by atoms with Gasteiger partial charge in [-0.05, 0) is 56.8 Å². The largest absolute Gasteiger partial charge is 0.390 e. The summed E-state index contributed by atoms with van der Waals surface area (Å²) in [5.74, 6) is 0.792. The Morgan fingerprint density at radius 1 is 0.667 bits per heavy atom. The number of rotatable bonds is 0. The lowest BCUT2D eigenvalue weighted by Gasteiger charge is -2.37. The van der Waals surface area contributed by atoms with Gasteiger partial charge in [-0.3, -0.25) is 0 Å². The van der Waals surface area contributed by atoms with Crippen LogP contribution >= 0.6 is 0 Å². The van der Waals surface area contributed by atoms with Crippen molar-refractivity contribution in [3.8, 4) is 0 Å². The first-order valence-electron chi connectivity index (χ1n) is 6.59. The molecule has 3 rings (SSSR count). The molecule has 0 spiro atoms. The standard InChI is InChI=1S/C13H22O2/c14-12-6-1-4-10(12)11-5-2-7-13(11,15)9-3-8-12/h10-11,14-15H,1-9H2/t10-,11-,12-,13+/m0/s1. The van der Waals surface area contributed by atoms with Gasteiger partial charge in [0.15, 0.2) is 0 Å². The highest BCUT2D eigenvalue weighted by molar-refractivity contribution is 5.06. The second-order valence-electron chi connectivity index (χ2n) is 6.06. The van der Waals surface area contributed by atoms with E-state index in [1.54, 1.807) is 0 Å². The zero-order chi connectivity index (χ0) is 10.5. The molecule has 2 N–H and O–H groups in total. The van der Waals surface area contributed by atoms with Gasteiger partial charge in [0.2, 0.25) is 0 Å². The highest BCUT2D eigenvalue weighted by Gasteiger charge is 2.55. The Labute approximate surface area is 91.7 Å². The SMILES string of the molecule is O[C@@]12CCC[C@H]1[C@@H]1CCC[C@]1(O)CCC2. The first-order chi connectivity index (χ1) is 7.14. The minimum Gasteiger partial charge on any atom is -0.390 e. The molecule has 0 heterocycles. The molecule has 0 aliphatic heterocycles. The van der Waals surface area contributed by atoms with E-state index in [4.69, 9.17) is 0 Å². The van der Waals surface area contributed by atoms with E-state index in [1.165, 1.54) is 0 Å². The van der Waals surface area contributed by atoms with Gasteiger partial charge in [0.1, 0.15) is 0 Å². The quantitative estimate of drug-likeness (QED) is 0.643. The van der Waals surface area contributed by atoms with Crippen molar-refractivity contribution >= 4 is 0 Å². The second kappa shape index (κ2) is 3.21. The molecule has 86 valence electrons. The molecule has 3 saturated carbocycles. The van der Waals surface area contributed by atoms with Crippen LogP contribution in [0.2, 0.25) is 0 Å². The van der Waals surface area contributed by atoms with E-state index in [-0.39, 0.29) is 0 Å². The molecule has 0 aromatic heterocycles. The first-order valence-corrected chi connectivity index (χ1v) is 6.59. The molecule has 3 aliphatic rings. The number of hydrogen-bond donors (Lipinski definition) is 2. The van der Waals surface area contributed by atoms with Crippen molar-refractivity contribution < 1.29 is 10.2 Å². The van der Waals surface area contributed by atoms with E-state index < -0.39 is 11.2 Å². The molecule has 3 fully saturated rings. The Hall–Kier alpha value is -0.0800. The summed E-state index contributed by atoms with van der Waals surface area (Å²) in [6, 6.07) is 0. The maximum atomic E-state index is 10.6. The highest BCUT2D eigenvalue weighted by Crippen LogP contribution is 2.55. The number of hydrogen-bond acceptors (Lipinski definition) is 2. The van der Waals surface area contributed by atoms with Gasteiger partial charge in [0, 0.05) is 0 Å². The predicted molar refractivity (Wildman–Crippen MR) is 58.4 cm³/mol. The highest BCUT2D eigenvalue weighted by atomic mass is 16.3. The van der Waals surface area contributed by atoms with Gasteiger partial charge in [-0.2, -0.15) is 0 Å². The molecule has 0 amide bonds. The predicted octanol–water partition coefficient (Wildman–Crippen LogP) is 2.23. The lowest BCUT2D eigenvalue weighted by Crippen LogP contribution is -2.42. The average molecular weight is 210 g/mol. The van der Waals surface area contributed by atoms with E-state index in [1.807, 2.05) is 0 Å². The van der Waals surface area contributed by atoms with Crippen LogP contribution in [0.4, 0.5) is 0 Å². The van der Waals surface area contributed by atoms with Gasteiger partial charge < -0.3 is 10.2 Å². The maximum absolute atomic E-state index is 10.6. The van der Waals surface area contributed by atoms with Gasteiger partial charge in [-0.15, -0.1) is 0 Å². The van der Waals surface area contributed by atoms with E-state index in [2.05, 4.69) is 0 Å². The van der Waals surface area contributed by atoms with E-state index in [9.17, 15) is 10.2 Å². The Kier molecular flexibility index (Phi) is 2.16. The van der Waals surface area contributed by atoms with Gasteiger partial charge in [0.05, 0.1) is 11.2 Å². The van der Waals surface area contributed by atoms with Crippen LogP contribution in [0.25, 0.3) is 0 Å². The summed E-state index contributed by atoms with van der Waals surface area (Å²) in [6.45, 7) is 0. The van der Waals surface area contributed by atoms with Gasteiger partial charge in [-0.25, -0.2) is 0 Å². The van der Waals surface area contributed by atoms with Crippen molar-refractivity contribution in [1.29, 1.82) is 0 Å². The lowest BCUT2D eigenvalue weighted by atomic mass is 9.75. The summed E-state index contributed by atoms with van der Waals surface area (Å²) in [6.07, 6.45) is 9.43. The third-order valence-electron chi connectivity index (χ3n) is 5.34. The summed E-state index contributed by atoms with van der Waals surface area (Å²) in [4.78, 5) is 0. The molecular weight excluding hydrogens is 188 g/mol. The van der Waals surface area contributed by atoms with Gasteiger partial charge >= 0.3 is 0 Å². The van der Waals surface area contributed by atoms with Crippen molar-refractivity contribution in [2.75, 3.05) is 0 Å². The summed E-state index contributed by atoms with van der Waals surface area (Å²) in [7, 11) is 0. The smallest absolute Gasteiger partial charge is 0.0679 e. The van der Waals surface area contributed by atoms with Crippen molar-refractivity contribution in [3.05, 3.63) is 0 Å². The van der Waals surface area contributed by atoms with Crippen LogP contribution in [0.1, 0.15) is 57.8 Å². The minimum atomic E-state index is -0.417. The summed E-state index contributed by atoms with van der Waals surface area (Å²) >= 11 is 0. The zero-order valence-corrected chi connectivity index (χ0v) is 9.41. The molecule has 0 radical (unpaired) electrons. The van der Waals surface area contributed by atoms with Crippen molar-refractivity contribution in [2.45, 2.75) is 69.0 Å². The van der Waals surface area contributed by atoms with Crippen LogP contribution in [0.5, 0.6) is 0 Å². The lowest BCUT2D eigenvalue weighted by molar-refractivity contribution is -0.0671. The molecular formula is C13H22O2. The zero-order valence-electron chi connectivity index (χ0n) is 9.41. The number of aliphatic hydroxyl groups is 2. The molecule has 0 bridgehead atoms. The third-order valence-corrected chi connectivity index (χ3v) is 5.34. The molecule has 0 aromatic rings. The Morgan fingerprint density at radius 2 is 1.07 bits per heavy atom. The van der Waals surface area contributed by atoms with Crippen LogP contribution in [0.3, 0.4) is 0 Å². The van der Waals surface area contributed by atoms with Crippen molar-refractivity contribution in [2.24, 2.45) is 11.8 Å². The van der Waals surface area contributed by atoms with E-state index in [0.29, 0.717) is 11.8 Å². The number of fused-ring (bicyclic) bond motifs is 3. The van der Waals surface area contributed by atoms with Crippen LogP contribution in [-0.2, 0) is 0 Å². The van der Waals surface area contributed by atoms with Crippen LogP contribution in [0.15, 0.2) is 0 Å². The molecule has 2 heteroatoms. The van der Waals surface area contributed by atoms with Crippen LogP contribution < -0.4 is 0 Å². The molecule has 3 aliphatic carbocycles. The fourth-order valence-corrected chi connectivity index (χ4v) is 4.64. The Bertz CT molecular complexity index is 239. The normalized spacial score (nSPS) is 54.8. The minimum absolute atomic E-state index is 0.396. The summed E-state index contributed by atoms with van der Waals surface area (Å²) in [5, 5.41) is 21.3. The molecule has 15 heavy (non-hydrogen) atoms.